The second kappa shape index (κ2) is 8.09. The minimum atomic E-state index is 0.535. The highest BCUT2D eigenvalue weighted by Gasteiger charge is 2.00. The number of aliphatic imine (C=N–C) groups is 1. The first kappa shape index (κ1) is 14.2. The Morgan fingerprint density at radius 2 is 1.75 bits per heavy atom. The van der Waals surface area contributed by atoms with Crippen molar-refractivity contribution in [1.29, 1.82) is 0 Å². The molecule has 0 fully saturated rings. The summed E-state index contributed by atoms with van der Waals surface area (Å²) in [5, 5.41) is 6.57. The van der Waals surface area contributed by atoms with Crippen LogP contribution >= 0.6 is 0 Å². The minimum Gasteiger partial charge on any atom is -0.469 e. The molecule has 5 nitrogen and oxygen atoms in total. The van der Waals surface area contributed by atoms with Crippen molar-refractivity contribution in [3.05, 3.63) is 48.3 Å². The molecule has 20 heavy (non-hydrogen) atoms. The molecule has 0 saturated heterocycles. The standard InChI is InChI=1S/C15H21N3O2/c1-2-8-16-15(18-12-14-6-4-11-20-14)17-9-7-13-5-3-10-19-13/h3-6,10-11H,2,7-9,12H2,1H3,(H2,16,17,18). The van der Waals surface area contributed by atoms with Crippen molar-refractivity contribution >= 4 is 5.96 Å². The Labute approximate surface area is 119 Å². The van der Waals surface area contributed by atoms with Crippen LogP contribution in [0.3, 0.4) is 0 Å². The fraction of sp³-hybridized carbons (Fsp3) is 0.400. The molecule has 2 aromatic rings. The first-order chi connectivity index (χ1) is 9.88. The van der Waals surface area contributed by atoms with Crippen LogP contribution in [0.5, 0.6) is 0 Å². The van der Waals surface area contributed by atoms with Gasteiger partial charge < -0.3 is 19.5 Å². The number of hydrogen-bond donors (Lipinski definition) is 2. The van der Waals surface area contributed by atoms with Crippen molar-refractivity contribution in [3.8, 4) is 0 Å². The third-order valence-corrected chi connectivity index (χ3v) is 2.76. The lowest BCUT2D eigenvalue weighted by molar-refractivity contribution is 0.505. The van der Waals surface area contributed by atoms with Crippen LogP contribution in [0, 0.1) is 0 Å². The Hall–Kier alpha value is -2.17. The molecule has 0 radical (unpaired) electrons. The quantitative estimate of drug-likeness (QED) is 0.602. The van der Waals surface area contributed by atoms with E-state index in [-0.39, 0.29) is 0 Å². The second-order valence-electron chi connectivity index (χ2n) is 4.43. The van der Waals surface area contributed by atoms with Crippen LogP contribution in [0.2, 0.25) is 0 Å². The highest BCUT2D eigenvalue weighted by molar-refractivity contribution is 5.79. The summed E-state index contributed by atoms with van der Waals surface area (Å²) in [5.41, 5.74) is 0. The fourth-order valence-corrected chi connectivity index (χ4v) is 1.74. The predicted octanol–water partition coefficient (Wildman–Crippen LogP) is 2.56. The van der Waals surface area contributed by atoms with E-state index in [2.05, 4.69) is 22.5 Å². The molecule has 0 bridgehead atoms. The molecule has 0 aromatic carbocycles. The predicted molar refractivity (Wildman–Crippen MR) is 78.6 cm³/mol. The number of hydrogen-bond acceptors (Lipinski definition) is 3. The molecule has 2 N–H and O–H groups in total. The number of rotatable bonds is 7. The van der Waals surface area contributed by atoms with Crippen molar-refractivity contribution in [1.82, 2.24) is 10.6 Å². The maximum absolute atomic E-state index is 5.30. The maximum atomic E-state index is 5.30. The van der Waals surface area contributed by atoms with Crippen LogP contribution in [0.25, 0.3) is 0 Å². The third-order valence-electron chi connectivity index (χ3n) is 2.76. The SMILES string of the molecule is CCCNC(=NCc1ccco1)NCCc1ccco1. The van der Waals surface area contributed by atoms with Gasteiger partial charge >= 0.3 is 0 Å². The maximum Gasteiger partial charge on any atom is 0.191 e. The van der Waals surface area contributed by atoms with Gasteiger partial charge in [-0.25, -0.2) is 4.99 Å². The van der Waals surface area contributed by atoms with Gasteiger partial charge in [-0.2, -0.15) is 0 Å². The van der Waals surface area contributed by atoms with Gasteiger partial charge in [0, 0.05) is 19.5 Å². The van der Waals surface area contributed by atoms with Gasteiger partial charge in [-0.05, 0) is 30.7 Å². The van der Waals surface area contributed by atoms with Gasteiger partial charge in [0.1, 0.15) is 18.1 Å². The lowest BCUT2D eigenvalue weighted by Crippen LogP contribution is -2.38. The molecule has 0 saturated carbocycles. The molecule has 2 rings (SSSR count). The number of guanidine groups is 1. The third kappa shape index (κ3) is 4.84. The summed E-state index contributed by atoms with van der Waals surface area (Å²) >= 11 is 0. The van der Waals surface area contributed by atoms with Crippen LogP contribution in [0.1, 0.15) is 24.9 Å². The van der Waals surface area contributed by atoms with Gasteiger partial charge in [-0.15, -0.1) is 0 Å². The summed E-state index contributed by atoms with van der Waals surface area (Å²) < 4.78 is 10.6. The zero-order valence-electron chi connectivity index (χ0n) is 11.8. The van der Waals surface area contributed by atoms with E-state index in [1.54, 1.807) is 12.5 Å². The minimum absolute atomic E-state index is 0.535. The molecular formula is C15H21N3O2. The van der Waals surface area contributed by atoms with Crippen molar-refractivity contribution < 1.29 is 8.83 Å². The first-order valence-electron chi connectivity index (χ1n) is 6.95. The molecule has 0 spiro atoms. The monoisotopic (exact) mass is 275 g/mol. The zero-order chi connectivity index (χ0) is 14.0. The van der Waals surface area contributed by atoms with E-state index in [9.17, 15) is 0 Å². The fourth-order valence-electron chi connectivity index (χ4n) is 1.74. The Morgan fingerprint density at radius 1 is 1.05 bits per heavy atom. The highest BCUT2D eigenvalue weighted by Crippen LogP contribution is 2.02. The summed E-state index contributed by atoms with van der Waals surface area (Å²) in [4.78, 5) is 4.49. The molecule has 108 valence electrons. The largest absolute Gasteiger partial charge is 0.469 e. The average molecular weight is 275 g/mol. The summed E-state index contributed by atoms with van der Waals surface area (Å²) in [6.45, 7) is 4.33. The van der Waals surface area contributed by atoms with Gasteiger partial charge in [-0.1, -0.05) is 6.92 Å². The Balaban J connectivity index is 1.80. The Kier molecular flexibility index (Phi) is 5.76. The van der Waals surface area contributed by atoms with Crippen LogP contribution in [0.15, 0.2) is 50.6 Å². The lowest BCUT2D eigenvalue weighted by atomic mass is 10.3. The molecule has 0 atom stereocenters. The van der Waals surface area contributed by atoms with E-state index in [4.69, 9.17) is 8.83 Å². The number of nitrogens with one attached hydrogen (secondary N) is 2. The van der Waals surface area contributed by atoms with Gasteiger partial charge in [0.15, 0.2) is 5.96 Å². The van der Waals surface area contributed by atoms with Crippen LogP contribution in [-0.2, 0) is 13.0 Å². The molecule has 5 heteroatoms. The van der Waals surface area contributed by atoms with E-state index in [1.165, 1.54) is 0 Å². The van der Waals surface area contributed by atoms with E-state index in [0.717, 1.165) is 43.4 Å². The van der Waals surface area contributed by atoms with Crippen LogP contribution in [0.4, 0.5) is 0 Å². The Morgan fingerprint density at radius 3 is 2.40 bits per heavy atom. The zero-order valence-corrected chi connectivity index (χ0v) is 11.8. The molecule has 0 amide bonds. The molecule has 0 aliphatic rings. The van der Waals surface area contributed by atoms with E-state index in [0.29, 0.717) is 6.54 Å². The average Bonchev–Trinajstić information content (AvgIpc) is 3.14. The van der Waals surface area contributed by atoms with E-state index < -0.39 is 0 Å². The van der Waals surface area contributed by atoms with E-state index in [1.807, 2.05) is 24.3 Å². The summed E-state index contributed by atoms with van der Waals surface area (Å²) in [6, 6.07) is 7.66. The number of nitrogens with zero attached hydrogens (tertiary/aromatic N) is 1. The topological polar surface area (TPSA) is 62.7 Å². The second-order valence-corrected chi connectivity index (χ2v) is 4.43. The van der Waals surface area contributed by atoms with Gasteiger partial charge in [0.2, 0.25) is 0 Å². The van der Waals surface area contributed by atoms with Crippen molar-refractivity contribution in [2.75, 3.05) is 13.1 Å². The van der Waals surface area contributed by atoms with Crippen molar-refractivity contribution in [2.24, 2.45) is 4.99 Å². The molecule has 2 heterocycles. The molecule has 0 aliphatic carbocycles. The molecule has 0 aliphatic heterocycles. The highest BCUT2D eigenvalue weighted by atomic mass is 16.3. The van der Waals surface area contributed by atoms with Crippen molar-refractivity contribution in [2.45, 2.75) is 26.3 Å². The molecule has 0 unspecified atom stereocenters. The molecule has 2 aromatic heterocycles. The van der Waals surface area contributed by atoms with Crippen molar-refractivity contribution in [3.63, 3.8) is 0 Å². The smallest absolute Gasteiger partial charge is 0.191 e. The lowest BCUT2D eigenvalue weighted by Gasteiger charge is -2.11. The van der Waals surface area contributed by atoms with E-state index >= 15 is 0 Å². The normalized spacial score (nSPS) is 11.6. The summed E-state index contributed by atoms with van der Waals surface area (Å²) in [7, 11) is 0. The van der Waals surface area contributed by atoms with Crippen LogP contribution < -0.4 is 10.6 Å². The first-order valence-corrected chi connectivity index (χ1v) is 6.95. The van der Waals surface area contributed by atoms with Gasteiger partial charge in [-0.3, -0.25) is 0 Å². The summed E-state index contributed by atoms with van der Waals surface area (Å²) in [6.07, 6.45) is 5.24. The van der Waals surface area contributed by atoms with Gasteiger partial charge in [0.05, 0.1) is 12.5 Å². The number of furan rings is 2. The van der Waals surface area contributed by atoms with Crippen LogP contribution in [-0.4, -0.2) is 19.0 Å². The summed E-state index contributed by atoms with van der Waals surface area (Å²) in [5.74, 6) is 2.63. The molecular weight excluding hydrogens is 254 g/mol. The Bertz CT molecular complexity index is 489. The van der Waals surface area contributed by atoms with Gasteiger partial charge in [0.25, 0.3) is 0 Å².